The Morgan fingerprint density at radius 2 is 2.36 bits per heavy atom. The fourth-order valence-corrected chi connectivity index (χ4v) is 1.39. The third-order valence-electron chi connectivity index (χ3n) is 2.02. The zero-order valence-corrected chi connectivity index (χ0v) is 9.07. The van der Waals surface area contributed by atoms with Crippen molar-refractivity contribution < 1.29 is 14.2 Å². The van der Waals surface area contributed by atoms with Crippen LogP contribution < -0.4 is 0 Å². The van der Waals surface area contributed by atoms with Crippen LogP contribution in [-0.4, -0.2) is 32.2 Å². The highest BCUT2D eigenvalue weighted by Crippen LogP contribution is 2.18. The molecule has 1 aliphatic rings. The molecule has 0 aromatic heterocycles. The van der Waals surface area contributed by atoms with Crippen LogP contribution in [0.1, 0.15) is 20.3 Å². The highest BCUT2D eigenvalue weighted by atomic mass is 16.7. The smallest absolute Gasteiger partial charge is 0.158 e. The van der Waals surface area contributed by atoms with Crippen molar-refractivity contribution in [1.29, 1.82) is 0 Å². The van der Waals surface area contributed by atoms with Gasteiger partial charge in [0.15, 0.2) is 6.29 Å². The fourth-order valence-electron chi connectivity index (χ4n) is 1.39. The molecule has 1 aliphatic heterocycles. The average Bonchev–Trinajstić information content (AvgIpc) is 2.52. The molecule has 0 aromatic carbocycles. The third kappa shape index (κ3) is 4.22. The molecule has 1 rings (SSSR count). The van der Waals surface area contributed by atoms with E-state index in [2.05, 4.69) is 20.4 Å². The topological polar surface area (TPSA) is 27.7 Å². The van der Waals surface area contributed by atoms with Crippen LogP contribution in [0.15, 0.2) is 12.7 Å². The van der Waals surface area contributed by atoms with E-state index in [-0.39, 0.29) is 12.4 Å². The summed E-state index contributed by atoms with van der Waals surface area (Å²) in [5, 5.41) is 0. The normalized spacial score (nSPS) is 27.1. The summed E-state index contributed by atoms with van der Waals surface area (Å²) < 4.78 is 16.4. The summed E-state index contributed by atoms with van der Waals surface area (Å²) >= 11 is 0. The summed E-state index contributed by atoms with van der Waals surface area (Å²) in [6, 6.07) is 0. The van der Waals surface area contributed by atoms with E-state index >= 15 is 0 Å². The van der Waals surface area contributed by atoms with Crippen molar-refractivity contribution >= 4 is 0 Å². The largest absolute Gasteiger partial charge is 0.375 e. The second kappa shape index (κ2) is 6.17. The van der Waals surface area contributed by atoms with Gasteiger partial charge in [0.05, 0.1) is 19.8 Å². The molecule has 0 amide bonds. The van der Waals surface area contributed by atoms with Crippen molar-refractivity contribution in [3.63, 3.8) is 0 Å². The first-order valence-electron chi connectivity index (χ1n) is 5.18. The fraction of sp³-hybridized carbons (Fsp3) is 0.818. The first-order valence-corrected chi connectivity index (χ1v) is 5.18. The van der Waals surface area contributed by atoms with Gasteiger partial charge in [0.25, 0.3) is 0 Å². The molecule has 3 nitrogen and oxygen atoms in total. The van der Waals surface area contributed by atoms with Crippen molar-refractivity contribution in [2.45, 2.75) is 32.7 Å². The molecule has 0 saturated carbocycles. The van der Waals surface area contributed by atoms with E-state index in [1.54, 1.807) is 6.08 Å². The summed E-state index contributed by atoms with van der Waals surface area (Å²) in [5.41, 5.74) is 0. The molecule has 0 aliphatic carbocycles. The van der Waals surface area contributed by atoms with Crippen LogP contribution in [0.3, 0.4) is 0 Å². The first-order chi connectivity index (χ1) is 6.72. The number of hydrogen-bond donors (Lipinski definition) is 0. The van der Waals surface area contributed by atoms with Crippen molar-refractivity contribution in [3.8, 4) is 0 Å². The van der Waals surface area contributed by atoms with Gasteiger partial charge in [-0.1, -0.05) is 19.9 Å². The summed E-state index contributed by atoms with van der Waals surface area (Å²) in [6.45, 7) is 9.73. The Kier molecular flexibility index (Phi) is 5.15. The number of hydrogen-bond acceptors (Lipinski definition) is 3. The van der Waals surface area contributed by atoms with Crippen LogP contribution in [0.5, 0.6) is 0 Å². The van der Waals surface area contributed by atoms with Crippen molar-refractivity contribution in [3.05, 3.63) is 12.7 Å². The molecule has 0 aromatic rings. The number of ether oxygens (including phenoxy) is 3. The molecule has 0 bridgehead atoms. The van der Waals surface area contributed by atoms with Gasteiger partial charge >= 0.3 is 0 Å². The molecule has 2 unspecified atom stereocenters. The van der Waals surface area contributed by atoms with Gasteiger partial charge in [0.2, 0.25) is 0 Å². The van der Waals surface area contributed by atoms with Crippen molar-refractivity contribution in [1.82, 2.24) is 0 Å². The standard InChI is InChI=1S/C11H20O3/c1-4-5-12-7-10-8-13-11(14-10)6-9(2)3/h4,9-11H,1,5-8H2,2-3H3. The van der Waals surface area contributed by atoms with Crippen LogP contribution in [-0.2, 0) is 14.2 Å². The lowest BCUT2D eigenvalue weighted by molar-refractivity contribution is -0.0795. The average molecular weight is 200 g/mol. The van der Waals surface area contributed by atoms with Crippen LogP contribution in [0.25, 0.3) is 0 Å². The highest BCUT2D eigenvalue weighted by molar-refractivity contribution is 4.68. The molecule has 3 heteroatoms. The van der Waals surface area contributed by atoms with Gasteiger partial charge in [-0.15, -0.1) is 6.58 Å². The van der Waals surface area contributed by atoms with Crippen LogP contribution in [0, 0.1) is 5.92 Å². The Balaban J connectivity index is 2.10. The molecule has 2 atom stereocenters. The lowest BCUT2D eigenvalue weighted by Gasteiger charge is -2.13. The Bertz CT molecular complexity index is 168. The zero-order chi connectivity index (χ0) is 10.4. The van der Waals surface area contributed by atoms with Gasteiger partial charge in [-0.05, 0) is 5.92 Å². The van der Waals surface area contributed by atoms with Gasteiger partial charge in [-0.3, -0.25) is 0 Å². The quantitative estimate of drug-likeness (QED) is 0.484. The second-order valence-corrected chi connectivity index (χ2v) is 3.98. The maximum atomic E-state index is 5.64. The lowest BCUT2D eigenvalue weighted by Crippen LogP contribution is -2.19. The molecule has 82 valence electrons. The zero-order valence-electron chi connectivity index (χ0n) is 9.07. The monoisotopic (exact) mass is 200 g/mol. The predicted molar refractivity (Wildman–Crippen MR) is 55.1 cm³/mol. The van der Waals surface area contributed by atoms with Gasteiger partial charge in [-0.2, -0.15) is 0 Å². The van der Waals surface area contributed by atoms with Crippen molar-refractivity contribution in [2.75, 3.05) is 19.8 Å². The SMILES string of the molecule is C=CCOCC1COC(CC(C)C)O1. The molecular weight excluding hydrogens is 180 g/mol. The minimum absolute atomic E-state index is 0.0349. The van der Waals surface area contributed by atoms with E-state index in [0.29, 0.717) is 25.7 Å². The van der Waals surface area contributed by atoms with Crippen LogP contribution >= 0.6 is 0 Å². The van der Waals surface area contributed by atoms with Crippen LogP contribution in [0.2, 0.25) is 0 Å². The summed E-state index contributed by atoms with van der Waals surface area (Å²) in [6.07, 6.45) is 2.75. The van der Waals surface area contributed by atoms with Gasteiger partial charge in [0, 0.05) is 6.42 Å². The van der Waals surface area contributed by atoms with E-state index in [9.17, 15) is 0 Å². The van der Waals surface area contributed by atoms with Crippen LogP contribution in [0.4, 0.5) is 0 Å². The molecule has 0 radical (unpaired) electrons. The Labute approximate surface area is 86.0 Å². The number of rotatable bonds is 6. The van der Waals surface area contributed by atoms with Crippen molar-refractivity contribution in [2.24, 2.45) is 5.92 Å². The maximum absolute atomic E-state index is 5.64. The lowest BCUT2D eigenvalue weighted by atomic mass is 10.1. The third-order valence-corrected chi connectivity index (χ3v) is 2.02. The highest BCUT2D eigenvalue weighted by Gasteiger charge is 2.26. The van der Waals surface area contributed by atoms with E-state index in [0.717, 1.165) is 6.42 Å². The van der Waals surface area contributed by atoms with Gasteiger partial charge in [0.1, 0.15) is 6.10 Å². The molecule has 14 heavy (non-hydrogen) atoms. The molecule has 1 saturated heterocycles. The van der Waals surface area contributed by atoms with Gasteiger partial charge in [-0.25, -0.2) is 0 Å². The van der Waals surface area contributed by atoms with Gasteiger partial charge < -0.3 is 14.2 Å². The second-order valence-electron chi connectivity index (χ2n) is 3.98. The molecular formula is C11H20O3. The van der Waals surface area contributed by atoms with E-state index in [1.165, 1.54) is 0 Å². The summed E-state index contributed by atoms with van der Waals surface area (Å²) in [7, 11) is 0. The molecule has 0 spiro atoms. The summed E-state index contributed by atoms with van der Waals surface area (Å²) in [4.78, 5) is 0. The predicted octanol–water partition coefficient (Wildman–Crippen LogP) is 1.98. The molecule has 1 heterocycles. The first kappa shape index (κ1) is 11.7. The van der Waals surface area contributed by atoms with E-state index in [4.69, 9.17) is 14.2 Å². The Hall–Kier alpha value is -0.380. The van der Waals surface area contributed by atoms with E-state index in [1.807, 2.05) is 0 Å². The van der Waals surface area contributed by atoms with E-state index < -0.39 is 0 Å². The Morgan fingerprint density at radius 3 is 3.00 bits per heavy atom. The minimum Gasteiger partial charge on any atom is -0.375 e. The minimum atomic E-state index is -0.0349. The maximum Gasteiger partial charge on any atom is 0.158 e. The molecule has 1 fully saturated rings. The molecule has 0 N–H and O–H groups in total. The summed E-state index contributed by atoms with van der Waals surface area (Å²) in [5.74, 6) is 0.604. The Morgan fingerprint density at radius 1 is 1.57 bits per heavy atom.